The second-order valence-electron chi connectivity index (χ2n) is 4.75. The molecule has 5 heteroatoms. The van der Waals surface area contributed by atoms with E-state index in [1.165, 1.54) is 0 Å². The minimum absolute atomic E-state index is 0.0869. The third-order valence-electron chi connectivity index (χ3n) is 3.43. The molecule has 0 amide bonds. The Morgan fingerprint density at radius 3 is 2.75 bits per heavy atom. The first-order valence-electron chi connectivity index (χ1n) is 6.32. The Bertz CT molecular complexity index is 740. The minimum Gasteiger partial charge on any atom is -0.497 e. The first-order valence-corrected chi connectivity index (χ1v) is 7.98. The Morgan fingerprint density at radius 2 is 1.95 bits per heavy atom. The molecule has 104 valence electrons. The highest BCUT2D eigenvalue weighted by atomic mass is 32.2. The van der Waals surface area contributed by atoms with Gasteiger partial charge in [-0.1, -0.05) is 24.3 Å². The van der Waals surface area contributed by atoms with Crippen LogP contribution >= 0.6 is 0 Å². The number of fused-ring (bicyclic) bond motifs is 1. The lowest BCUT2D eigenvalue weighted by molar-refractivity contribution is 0.415. The summed E-state index contributed by atoms with van der Waals surface area (Å²) in [4.78, 5) is 0.431. The molecule has 0 aliphatic carbocycles. The highest BCUT2D eigenvalue weighted by molar-refractivity contribution is 7.91. The van der Waals surface area contributed by atoms with Crippen LogP contribution in [0.5, 0.6) is 5.75 Å². The van der Waals surface area contributed by atoms with Crippen molar-refractivity contribution in [2.75, 3.05) is 18.2 Å². The van der Waals surface area contributed by atoms with Gasteiger partial charge in [-0.05, 0) is 23.8 Å². The number of sulfone groups is 1. The molecule has 3 rings (SSSR count). The molecule has 0 fully saturated rings. The van der Waals surface area contributed by atoms with Gasteiger partial charge in [0.25, 0.3) is 0 Å². The van der Waals surface area contributed by atoms with Crippen LogP contribution in [0.25, 0.3) is 0 Å². The SMILES string of the molecule is COc1cccc(NC2CS(=O)(=O)c3ccccc32)c1. The van der Waals surface area contributed by atoms with Crippen LogP contribution in [-0.2, 0) is 9.84 Å². The van der Waals surface area contributed by atoms with Crippen molar-refractivity contribution in [2.45, 2.75) is 10.9 Å². The number of nitrogens with one attached hydrogen (secondary N) is 1. The van der Waals surface area contributed by atoms with Crippen molar-refractivity contribution in [3.63, 3.8) is 0 Å². The average molecular weight is 289 g/mol. The molecule has 0 saturated heterocycles. The summed E-state index contributed by atoms with van der Waals surface area (Å²) >= 11 is 0. The summed E-state index contributed by atoms with van der Waals surface area (Å²) in [6.45, 7) is 0. The minimum atomic E-state index is -3.18. The van der Waals surface area contributed by atoms with Gasteiger partial charge in [0.05, 0.1) is 23.8 Å². The lowest BCUT2D eigenvalue weighted by Crippen LogP contribution is -2.12. The van der Waals surface area contributed by atoms with Crippen molar-refractivity contribution in [1.29, 1.82) is 0 Å². The third-order valence-corrected chi connectivity index (χ3v) is 5.24. The summed E-state index contributed by atoms with van der Waals surface area (Å²) in [5.41, 5.74) is 1.68. The highest BCUT2D eigenvalue weighted by Gasteiger charge is 2.34. The molecule has 0 bridgehead atoms. The van der Waals surface area contributed by atoms with Crippen LogP contribution in [0.4, 0.5) is 5.69 Å². The second kappa shape index (κ2) is 4.83. The van der Waals surface area contributed by atoms with E-state index in [9.17, 15) is 8.42 Å². The number of anilines is 1. The van der Waals surface area contributed by atoms with E-state index >= 15 is 0 Å². The molecular weight excluding hydrogens is 274 g/mol. The summed E-state index contributed by atoms with van der Waals surface area (Å²) in [6.07, 6.45) is 0. The van der Waals surface area contributed by atoms with Gasteiger partial charge >= 0.3 is 0 Å². The lowest BCUT2D eigenvalue weighted by Gasteiger charge is -2.14. The molecule has 1 heterocycles. The van der Waals surface area contributed by atoms with Gasteiger partial charge in [-0.15, -0.1) is 0 Å². The molecule has 2 aromatic carbocycles. The smallest absolute Gasteiger partial charge is 0.181 e. The van der Waals surface area contributed by atoms with E-state index in [4.69, 9.17) is 4.74 Å². The molecule has 1 N–H and O–H groups in total. The Morgan fingerprint density at radius 1 is 1.15 bits per heavy atom. The fourth-order valence-corrected chi connectivity index (χ4v) is 4.22. The van der Waals surface area contributed by atoms with Crippen LogP contribution in [0.15, 0.2) is 53.4 Å². The zero-order valence-electron chi connectivity index (χ0n) is 11.0. The number of rotatable bonds is 3. The molecule has 1 aliphatic rings. The zero-order valence-corrected chi connectivity index (χ0v) is 11.9. The molecule has 1 unspecified atom stereocenters. The third kappa shape index (κ3) is 2.25. The topological polar surface area (TPSA) is 55.4 Å². The average Bonchev–Trinajstić information content (AvgIpc) is 2.71. The van der Waals surface area contributed by atoms with E-state index in [1.54, 1.807) is 19.2 Å². The normalized spacial score (nSPS) is 19.4. The van der Waals surface area contributed by atoms with Crippen molar-refractivity contribution >= 4 is 15.5 Å². The fourth-order valence-electron chi connectivity index (χ4n) is 2.48. The number of methoxy groups -OCH3 is 1. The molecule has 0 saturated carbocycles. The Hall–Kier alpha value is -2.01. The van der Waals surface area contributed by atoms with Crippen LogP contribution in [0.1, 0.15) is 11.6 Å². The number of ether oxygens (including phenoxy) is 1. The molecule has 2 aromatic rings. The van der Waals surface area contributed by atoms with Crippen LogP contribution in [0.3, 0.4) is 0 Å². The van der Waals surface area contributed by atoms with Gasteiger partial charge in [0.1, 0.15) is 5.75 Å². The van der Waals surface area contributed by atoms with Gasteiger partial charge in [0, 0.05) is 11.8 Å². The first kappa shape index (κ1) is 13.0. The fraction of sp³-hybridized carbons (Fsp3) is 0.200. The van der Waals surface area contributed by atoms with Gasteiger partial charge in [-0.25, -0.2) is 8.42 Å². The van der Waals surface area contributed by atoms with Crippen LogP contribution in [0.2, 0.25) is 0 Å². The first-order chi connectivity index (χ1) is 9.60. The number of hydrogen-bond donors (Lipinski definition) is 1. The largest absolute Gasteiger partial charge is 0.497 e. The Balaban J connectivity index is 1.93. The van der Waals surface area contributed by atoms with Crippen LogP contribution in [0, 0.1) is 0 Å². The second-order valence-corrected chi connectivity index (χ2v) is 6.75. The van der Waals surface area contributed by atoms with Gasteiger partial charge < -0.3 is 10.1 Å². The maximum Gasteiger partial charge on any atom is 0.181 e. The summed E-state index contributed by atoms with van der Waals surface area (Å²) in [7, 11) is -1.58. The maximum absolute atomic E-state index is 12.1. The molecular formula is C15H15NO3S. The quantitative estimate of drug-likeness (QED) is 0.943. The molecule has 1 atom stereocenters. The Kier molecular flexibility index (Phi) is 3.14. The van der Waals surface area contributed by atoms with Crippen molar-refractivity contribution in [3.8, 4) is 5.75 Å². The van der Waals surface area contributed by atoms with E-state index < -0.39 is 9.84 Å². The summed E-state index contributed by atoms with van der Waals surface area (Å²) in [5, 5.41) is 3.27. The standard InChI is InChI=1S/C15H15NO3S/c1-19-12-6-4-5-11(9-12)16-14-10-20(17,18)15-8-3-2-7-13(14)15/h2-9,14,16H,10H2,1H3. The molecule has 1 aliphatic heterocycles. The summed E-state index contributed by atoms with van der Waals surface area (Å²) in [6, 6.07) is 14.4. The van der Waals surface area contributed by atoms with E-state index in [-0.39, 0.29) is 11.8 Å². The number of benzene rings is 2. The Labute approximate surface area is 118 Å². The molecule has 0 aromatic heterocycles. The monoisotopic (exact) mass is 289 g/mol. The van der Waals surface area contributed by atoms with Gasteiger partial charge in [0.2, 0.25) is 0 Å². The van der Waals surface area contributed by atoms with Crippen molar-refractivity contribution in [1.82, 2.24) is 0 Å². The van der Waals surface area contributed by atoms with E-state index in [0.717, 1.165) is 17.0 Å². The predicted molar refractivity (Wildman–Crippen MR) is 77.9 cm³/mol. The van der Waals surface area contributed by atoms with Gasteiger partial charge in [-0.3, -0.25) is 0 Å². The van der Waals surface area contributed by atoms with Crippen molar-refractivity contribution in [2.24, 2.45) is 0 Å². The summed E-state index contributed by atoms with van der Waals surface area (Å²) in [5.74, 6) is 0.827. The van der Waals surface area contributed by atoms with Gasteiger partial charge in [0.15, 0.2) is 9.84 Å². The molecule has 4 nitrogen and oxygen atoms in total. The van der Waals surface area contributed by atoms with E-state index in [2.05, 4.69) is 5.32 Å². The zero-order chi connectivity index (χ0) is 14.2. The molecule has 20 heavy (non-hydrogen) atoms. The predicted octanol–water partition coefficient (Wildman–Crippen LogP) is 2.64. The van der Waals surface area contributed by atoms with Crippen molar-refractivity contribution in [3.05, 3.63) is 54.1 Å². The number of hydrogen-bond acceptors (Lipinski definition) is 4. The van der Waals surface area contributed by atoms with Crippen molar-refractivity contribution < 1.29 is 13.2 Å². The highest BCUT2D eigenvalue weighted by Crippen LogP contribution is 2.35. The van der Waals surface area contributed by atoms with Crippen LogP contribution in [-0.4, -0.2) is 21.3 Å². The maximum atomic E-state index is 12.1. The molecule has 0 spiro atoms. The molecule has 0 radical (unpaired) electrons. The van der Waals surface area contributed by atoms with Crippen LogP contribution < -0.4 is 10.1 Å². The van der Waals surface area contributed by atoms with E-state index in [1.807, 2.05) is 36.4 Å². The summed E-state index contributed by atoms with van der Waals surface area (Å²) < 4.78 is 29.4. The van der Waals surface area contributed by atoms with E-state index in [0.29, 0.717) is 4.90 Å². The van der Waals surface area contributed by atoms with Gasteiger partial charge in [-0.2, -0.15) is 0 Å². The lowest BCUT2D eigenvalue weighted by atomic mass is 10.1.